The van der Waals surface area contributed by atoms with Gasteiger partial charge in [0.05, 0.1) is 12.9 Å². The van der Waals surface area contributed by atoms with E-state index in [4.69, 9.17) is 16.7 Å². The molecule has 0 saturated carbocycles. The second-order valence-electron chi connectivity index (χ2n) is 2.83. The highest BCUT2D eigenvalue weighted by atomic mass is 35.5. The third-order valence-corrected chi connectivity index (χ3v) is 1.97. The quantitative estimate of drug-likeness (QED) is 0.735. The normalized spacial score (nSPS) is 12.4. The number of halogens is 1. The summed E-state index contributed by atoms with van der Waals surface area (Å²) in [6.45, 7) is 1.60. The van der Waals surface area contributed by atoms with Crippen molar-refractivity contribution >= 4 is 17.6 Å². The zero-order chi connectivity index (χ0) is 10.7. The standard InChI is InChI=1S/C8H9ClN2O3/c1-5-2-7(12)11(4-10-5)3-6(9)8(13)14/h2,4,6H,3H2,1H3,(H,13,14). The van der Waals surface area contributed by atoms with Crippen molar-refractivity contribution in [3.8, 4) is 0 Å². The summed E-state index contributed by atoms with van der Waals surface area (Å²) in [6.07, 6.45) is 1.29. The van der Waals surface area contributed by atoms with E-state index in [1.807, 2.05) is 0 Å². The van der Waals surface area contributed by atoms with Gasteiger partial charge in [0, 0.05) is 11.8 Å². The van der Waals surface area contributed by atoms with E-state index in [0.717, 1.165) is 0 Å². The monoisotopic (exact) mass is 216 g/mol. The molecular weight excluding hydrogens is 208 g/mol. The number of hydrogen-bond donors (Lipinski definition) is 1. The Balaban J connectivity index is 2.88. The molecule has 1 N–H and O–H groups in total. The molecule has 1 aromatic heterocycles. The summed E-state index contributed by atoms with van der Waals surface area (Å²) in [7, 11) is 0. The van der Waals surface area contributed by atoms with Gasteiger partial charge in [0.1, 0.15) is 5.38 Å². The smallest absolute Gasteiger partial charge is 0.323 e. The lowest BCUT2D eigenvalue weighted by Gasteiger charge is -2.06. The van der Waals surface area contributed by atoms with Gasteiger partial charge in [-0.15, -0.1) is 11.6 Å². The number of rotatable bonds is 3. The molecule has 76 valence electrons. The second-order valence-corrected chi connectivity index (χ2v) is 3.35. The molecule has 1 heterocycles. The van der Waals surface area contributed by atoms with Gasteiger partial charge < -0.3 is 5.11 Å². The lowest BCUT2D eigenvalue weighted by Crippen LogP contribution is -2.28. The van der Waals surface area contributed by atoms with Crippen LogP contribution in [-0.4, -0.2) is 26.0 Å². The predicted molar refractivity (Wildman–Crippen MR) is 50.5 cm³/mol. The van der Waals surface area contributed by atoms with Gasteiger partial charge in [-0.3, -0.25) is 14.2 Å². The number of aryl methyl sites for hydroxylation is 1. The highest BCUT2D eigenvalue weighted by Gasteiger charge is 2.14. The lowest BCUT2D eigenvalue weighted by molar-refractivity contribution is -0.136. The topological polar surface area (TPSA) is 72.2 Å². The summed E-state index contributed by atoms with van der Waals surface area (Å²) < 4.78 is 1.17. The first-order chi connectivity index (χ1) is 6.50. The molecule has 14 heavy (non-hydrogen) atoms. The van der Waals surface area contributed by atoms with Crippen molar-refractivity contribution < 1.29 is 9.90 Å². The first-order valence-corrected chi connectivity index (χ1v) is 4.34. The van der Waals surface area contributed by atoms with Crippen LogP contribution in [0.2, 0.25) is 0 Å². The van der Waals surface area contributed by atoms with E-state index in [2.05, 4.69) is 4.98 Å². The Bertz CT molecular complexity index is 402. The minimum Gasteiger partial charge on any atom is -0.480 e. The Morgan fingerprint density at radius 1 is 1.79 bits per heavy atom. The molecule has 1 atom stereocenters. The molecule has 0 bridgehead atoms. The molecule has 5 nitrogen and oxygen atoms in total. The van der Waals surface area contributed by atoms with Gasteiger partial charge in [-0.2, -0.15) is 0 Å². The maximum Gasteiger partial charge on any atom is 0.323 e. The van der Waals surface area contributed by atoms with Gasteiger partial charge in [-0.25, -0.2) is 4.98 Å². The molecule has 6 heteroatoms. The molecule has 0 radical (unpaired) electrons. The molecule has 1 unspecified atom stereocenters. The number of nitrogens with zero attached hydrogens (tertiary/aromatic N) is 2. The van der Waals surface area contributed by atoms with E-state index < -0.39 is 11.3 Å². The van der Waals surface area contributed by atoms with E-state index in [9.17, 15) is 9.59 Å². The molecular formula is C8H9ClN2O3. The molecule has 0 spiro atoms. The van der Waals surface area contributed by atoms with Crippen molar-refractivity contribution in [3.05, 3.63) is 28.4 Å². The zero-order valence-corrected chi connectivity index (χ0v) is 8.23. The summed E-state index contributed by atoms with van der Waals surface area (Å²) in [4.78, 5) is 25.5. The molecule has 0 saturated heterocycles. The maximum absolute atomic E-state index is 11.3. The number of aliphatic carboxylic acids is 1. The third-order valence-electron chi connectivity index (χ3n) is 1.64. The van der Waals surface area contributed by atoms with Crippen molar-refractivity contribution in [3.63, 3.8) is 0 Å². The van der Waals surface area contributed by atoms with Crippen LogP contribution in [0.1, 0.15) is 5.69 Å². The molecule has 0 fully saturated rings. The Hall–Kier alpha value is -1.36. The van der Waals surface area contributed by atoms with Crippen LogP contribution in [-0.2, 0) is 11.3 Å². The predicted octanol–water partition coefficient (Wildman–Crippen LogP) is 0.244. The van der Waals surface area contributed by atoms with E-state index in [-0.39, 0.29) is 12.1 Å². The van der Waals surface area contributed by atoms with Gasteiger partial charge >= 0.3 is 5.97 Å². The number of carbonyl (C=O) groups is 1. The number of hydrogen-bond acceptors (Lipinski definition) is 3. The van der Waals surface area contributed by atoms with Crippen LogP contribution in [0.4, 0.5) is 0 Å². The molecule has 1 rings (SSSR count). The molecule has 0 aliphatic heterocycles. The number of aromatic nitrogens is 2. The van der Waals surface area contributed by atoms with Crippen LogP contribution >= 0.6 is 11.6 Å². The van der Waals surface area contributed by atoms with Crippen LogP contribution in [0.3, 0.4) is 0 Å². The highest BCUT2D eigenvalue weighted by molar-refractivity contribution is 6.29. The summed E-state index contributed by atoms with van der Waals surface area (Å²) in [5.41, 5.74) is 0.289. The minimum absolute atomic E-state index is 0.0804. The fraction of sp³-hybridized carbons (Fsp3) is 0.375. The molecule has 0 aliphatic carbocycles. The summed E-state index contributed by atoms with van der Waals surface area (Å²) in [5, 5.41) is 7.41. The largest absolute Gasteiger partial charge is 0.480 e. The van der Waals surface area contributed by atoms with Crippen molar-refractivity contribution in [1.29, 1.82) is 0 Å². The van der Waals surface area contributed by atoms with Crippen molar-refractivity contribution in [2.75, 3.05) is 0 Å². The minimum atomic E-state index is -1.15. The Morgan fingerprint density at radius 3 is 2.93 bits per heavy atom. The molecule has 1 aromatic rings. The number of carboxylic acid groups (broad SMARTS) is 1. The fourth-order valence-corrected chi connectivity index (χ4v) is 1.05. The van der Waals surface area contributed by atoms with Gasteiger partial charge in [0.25, 0.3) is 5.56 Å². The first-order valence-electron chi connectivity index (χ1n) is 3.90. The van der Waals surface area contributed by atoms with E-state index in [1.165, 1.54) is 17.0 Å². The first kappa shape index (κ1) is 10.7. The second kappa shape index (κ2) is 4.23. The van der Waals surface area contributed by atoms with Crippen LogP contribution < -0.4 is 5.56 Å². The van der Waals surface area contributed by atoms with Crippen molar-refractivity contribution in [2.24, 2.45) is 0 Å². The van der Waals surface area contributed by atoms with Crippen LogP contribution in [0.5, 0.6) is 0 Å². The summed E-state index contributed by atoms with van der Waals surface area (Å²) in [5.74, 6) is -1.15. The third kappa shape index (κ3) is 2.56. The van der Waals surface area contributed by atoms with E-state index in [1.54, 1.807) is 6.92 Å². The molecule has 0 aromatic carbocycles. The van der Waals surface area contributed by atoms with Crippen LogP contribution in [0.15, 0.2) is 17.2 Å². The van der Waals surface area contributed by atoms with Gasteiger partial charge in [0.15, 0.2) is 0 Å². The van der Waals surface area contributed by atoms with Crippen molar-refractivity contribution in [1.82, 2.24) is 9.55 Å². The van der Waals surface area contributed by atoms with Gasteiger partial charge in [0.2, 0.25) is 0 Å². The fourth-order valence-electron chi connectivity index (χ4n) is 0.904. The number of alkyl halides is 1. The Morgan fingerprint density at radius 2 is 2.43 bits per heavy atom. The Kier molecular flexibility index (Phi) is 3.24. The lowest BCUT2D eigenvalue weighted by atomic mass is 10.4. The van der Waals surface area contributed by atoms with E-state index in [0.29, 0.717) is 5.69 Å². The number of carboxylic acids is 1. The molecule has 0 aliphatic rings. The zero-order valence-electron chi connectivity index (χ0n) is 7.48. The van der Waals surface area contributed by atoms with E-state index >= 15 is 0 Å². The van der Waals surface area contributed by atoms with Gasteiger partial charge in [-0.1, -0.05) is 0 Å². The summed E-state index contributed by atoms with van der Waals surface area (Å²) >= 11 is 5.47. The van der Waals surface area contributed by atoms with Gasteiger partial charge in [-0.05, 0) is 6.92 Å². The average Bonchev–Trinajstić information content (AvgIpc) is 2.09. The van der Waals surface area contributed by atoms with Crippen LogP contribution in [0, 0.1) is 6.92 Å². The molecule has 0 amide bonds. The Labute approximate surface area is 85.0 Å². The SMILES string of the molecule is Cc1cc(=O)n(CC(Cl)C(=O)O)cn1. The average molecular weight is 217 g/mol. The maximum atomic E-state index is 11.3. The highest BCUT2D eigenvalue weighted by Crippen LogP contribution is 1.98. The van der Waals surface area contributed by atoms with Crippen LogP contribution in [0.25, 0.3) is 0 Å². The summed E-state index contributed by atoms with van der Waals surface area (Å²) in [6, 6.07) is 1.32. The van der Waals surface area contributed by atoms with Crippen molar-refractivity contribution in [2.45, 2.75) is 18.8 Å².